The number of aromatic nitrogens is 3. The normalized spacial score (nSPS) is 11.5. The Bertz CT molecular complexity index is 1450. The number of fused-ring (bicyclic) bond motifs is 2. The SMILES string of the molecule is Cc1c(C(=O)NC(C)C)c2ccc(Oc3ccnc4cc(-c5nccs5)sc34)cc2n1C. The number of hydrogen-bond donors (Lipinski definition) is 1. The van der Waals surface area contributed by atoms with Crippen LogP contribution in [0.15, 0.2) is 48.1 Å². The van der Waals surface area contributed by atoms with Crippen LogP contribution < -0.4 is 10.1 Å². The van der Waals surface area contributed by atoms with Crippen molar-refractivity contribution in [1.29, 1.82) is 0 Å². The van der Waals surface area contributed by atoms with Crippen molar-refractivity contribution in [1.82, 2.24) is 19.9 Å². The minimum atomic E-state index is -0.0547. The average Bonchev–Trinajstić information content (AvgIpc) is 3.47. The molecule has 1 amide bonds. The summed E-state index contributed by atoms with van der Waals surface area (Å²) in [5, 5.41) is 6.86. The van der Waals surface area contributed by atoms with Gasteiger partial charge >= 0.3 is 0 Å². The van der Waals surface area contributed by atoms with E-state index in [1.807, 2.05) is 68.2 Å². The molecule has 8 heteroatoms. The van der Waals surface area contributed by atoms with Crippen molar-refractivity contribution < 1.29 is 9.53 Å². The van der Waals surface area contributed by atoms with Gasteiger partial charge in [0.1, 0.15) is 16.5 Å². The lowest BCUT2D eigenvalue weighted by Gasteiger charge is -2.09. The second-order valence-corrected chi connectivity index (χ2v) is 9.85. The zero-order valence-corrected chi connectivity index (χ0v) is 19.8. The predicted octanol–water partition coefficient (Wildman–Crippen LogP) is 6.15. The average molecular weight is 463 g/mol. The fourth-order valence-electron chi connectivity index (χ4n) is 3.80. The number of carbonyl (C=O) groups is 1. The Kier molecular flexibility index (Phi) is 5.19. The summed E-state index contributed by atoms with van der Waals surface area (Å²) >= 11 is 3.23. The first-order valence-electron chi connectivity index (χ1n) is 10.3. The van der Waals surface area contributed by atoms with Crippen LogP contribution in [0.25, 0.3) is 31.0 Å². The molecule has 5 rings (SSSR count). The highest BCUT2D eigenvalue weighted by atomic mass is 32.1. The monoisotopic (exact) mass is 462 g/mol. The molecule has 6 nitrogen and oxygen atoms in total. The van der Waals surface area contributed by atoms with Crippen LogP contribution in [-0.4, -0.2) is 26.5 Å². The number of nitrogens with zero attached hydrogens (tertiary/aromatic N) is 3. The number of hydrogen-bond acceptors (Lipinski definition) is 6. The molecular formula is C24H22N4O2S2. The third-order valence-corrected chi connectivity index (χ3v) is 7.44. The zero-order chi connectivity index (χ0) is 22.4. The standard InChI is InChI=1S/C24H22N4O2S2/c1-13(2)27-23(29)21-14(3)28(4)18-11-15(5-6-16(18)21)30-19-7-8-25-17-12-20(32-22(17)19)24-26-9-10-31-24/h5-13H,1-4H3,(H,27,29). The van der Waals surface area contributed by atoms with E-state index >= 15 is 0 Å². The number of nitrogens with one attached hydrogen (secondary N) is 1. The van der Waals surface area contributed by atoms with Gasteiger partial charge in [0.15, 0.2) is 0 Å². The van der Waals surface area contributed by atoms with Crippen LogP contribution in [0.1, 0.15) is 29.9 Å². The Morgan fingerprint density at radius 1 is 1.16 bits per heavy atom. The van der Waals surface area contributed by atoms with E-state index in [-0.39, 0.29) is 11.9 Å². The molecule has 0 bridgehead atoms. The van der Waals surface area contributed by atoms with Crippen molar-refractivity contribution >= 4 is 49.7 Å². The number of aryl methyl sites for hydroxylation is 1. The minimum Gasteiger partial charge on any atom is -0.456 e. The topological polar surface area (TPSA) is 69.0 Å². The number of thiazole rings is 1. The zero-order valence-electron chi connectivity index (χ0n) is 18.2. The van der Waals surface area contributed by atoms with Crippen LogP contribution in [0.2, 0.25) is 0 Å². The first-order chi connectivity index (χ1) is 15.4. The summed E-state index contributed by atoms with van der Waals surface area (Å²) in [5.74, 6) is 1.41. The van der Waals surface area contributed by atoms with Crippen LogP contribution in [-0.2, 0) is 7.05 Å². The predicted molar refractivity (Wildman–Crippen MR) is 131 cm³/mol. The largest absolute Gasteiger partial charge is 0.456 e. The summed E-state index contributed by atoms with van der Waals surface area (Å²) in [7, 11) is 1.97. The number of rotatable bonds is 5. The molecule has 1 N–H and O–H groups in total. The van der Waals surface area contributed by atoms with Gasteiger partial charge in [-0.25, -0.2) is 4.98 Å². The Labute approximate surface area is 193 Å². The van der Waals surface area contributed by atoms with E-state index in [1.54, 1.807) is 28.9 Å². The molecule has 0 aliphatic rings. The molecule has 0 radical (unpaired) electrons. The molecule has 0 fully saturated rings. The maximum absolute atomic E-state index is 12.8. The number of pyridine rings is 1. The molecule has 0 unspecified atom stereocenters. The summed E-state index contributed by atoms with van der Waals surface area (Å²) in [5.41, 5.74) is 3.48. The van der Waals surface area contributed by atoms with Crippen LogP contribution in [0.5, 0.6) is 11.5 Å². The second-order valence-electron chi connectivity index (χ2n) is 7.90. The molecule has 1 aromatic carbocycles. The van der Waals surface area contributed by atoms with Gasteiger partial charge in [0.05, 0.1) is 26.2 Å². The highest BCUT2D eigenvalue weighted by Crippen LogP contribution is 2.40. The highest BCUT2D eigenvalue weighted by Gasteiger charge is 2.20. The lowest BCUT2D eigenvalue weighted by Crippen LogP contribution is -2.30. The Balaban J connectivity index is 1.53. The van der Waals surface area contributed by atoms with E-state index in [2.05, 4.69) is 21.4 Å². The second kappa shape index (κ2) is 8.03. The molecule has 5 aromatic rings. The van der Waals surface area contributed by atoms with Crippen molar-refractivity contribution in [3.05, 3.63) is 59.4 Å². The molecule has 4 heterocycles. The van der Waals surface area contributed by atoms with E-state index in [4.69, 9.17) is 4.74 Å². The van der Waals surface area contributed by atoms with Crippen molar-refractivity contribution in [3.8, 4) is 21.4 Å². The number of carbonyl (C=O) groups excluding carboxylic acids is 1. The van der Waals surface area contributed by atoms with Crippen molar-refractivity contribution in [2.75, 3.05) is 0 Å². The van der Waals surface area contributed by atoms with Crippen LogP contribution >= 0.6 is 22.7 Å². The molecule has 4 aromatic heterocycles. The van der Waals surface area contributed by atoms with Gasteiger partial charge in [-0.05, 0) is 39.0 Å². The van der Waals surface area contributed by atoms with Gasteiger partial charge in [0, 0.05) is 54.1 Å². The third kappa shape index (κ3) is 3.55. The van der Waals surface area contributed by atoms with Gasteiger partial charge in [0.2, 0.25) is 0 Å². The molecule has 0 saturated carbocycles. The number of ether oxygens (including phenoxy) is 1. The lowest BCUT2D eigenvalue weighted by molar-refractivity contribution is 0.0944. The summed E-state index contributed by atoms with van der Waals surface area (Å²) < 4.78 is 9.32. The smallest absolute Gasteiger partial charge is 0.253 e. The number of thiophene rings is 1. The Morgan fingerprint density at radius 2 is 2.00 bits per heavy atom. The first kappa shape index (κ1) is 20.7. The van der Waals surface area contributed by atoms with E-state index in [1.165, 1.54) is 0 Å². The van der Waals surface area contributed by atoms with Gasteiger partial charge in [-0.2, -0.15) is 0 Å². The lowest BCUT2D eigenvalue weighted by atomic mass is 10.1. The van der Waals surface area contributed by atoms with E-state index in [9.17, 15) is 4.79 Å². The highest BCUT2D eigenvalue weighted by molar-refractivity contribution is 7.25. The number of benzene rings is 1. The van der Waals surface area contributed by atoms with Gasteiger partial charge in [-0.15, -0.1) is 22.7 Å². The Morgan fingerprint density at radius 3 is 2.75 bits per heavy atom. The fraction of sp³-hybridized carbons (Fsp3) is 0.208. The molecule has 0 saturated heterocycles. The van der Waals surface area contributed by atoms with Crippen molar-refractivity contribution in [3.63, 3.8) is 0 Å². The summed E-state index contributed by atoms with van der Waals surface area (Å²) in [6, 6.07) is 9.86. The third-order valence-electron chi connectivity index (χ3n) is 5.36. The van der Waals surface area contributed by atoms with Crippen LogP contribution in [0.4, 0.5) is 0 Å². The first-order valence-corrected chi connectivity index (χ1v) is 12.0. The molecule has 162 valence electrons. The van der Waals surface area contributed by atoms with Gasteiger partial charge in [0.25, 0.3) is 5.91 Å². The summed E-state index contributed by atoms with van der Waals surface area (Å²) in [6.45, 7) is 5.89. The minimum absolute atomic E-state index is 0.0547. The maximum atomic E-state index is 12.8. The van der Waals surface area contributed by atoms with Crippen molar-refractivity contribution in [2.45, 2.75) is 26.8 Å². The number of amides is 1. The summed E-state index contributed by atoms with van der Waals surface area (Å²) in [6.07, 6.45) is 3.57. The molecule has 32 heavy (non-hydrogen) atoms. The molecule has 0 spiro atoms. The molecule has 0 aliphatic carbocycles. The van der Waals surface area contributed by atoms with Crippen molar-refractivity contribution in [2.24, 2.45) is 7.05 Å². The Hall–Kier alpha value is -3.23. The van der Waals surface area contributed by atoms with Gasteiger partial charge in [-0.3, -0.25) is 9.78 Å². The van der Waals surface area contributed by atoms with Crippen LogP contribution in [0, 0.1) is 6.92 Å². The van der Waals surface area contributed by atoms with E-state index in [0.29, 0.717) is 11.3 Å². The maximum Gasteiger partial charge on any atom is 0.253 e. The molecule has 0 atom stereocenters. The van der Waals surface area contributed by atoms with E-state index < -0.39 is 0 Å². The molecular weight excluding hydrogens is 440 g/mol. The van der Waals surface area contributed by atoms with Crippen LogP contribution in [0.3, 0.4) is 0 Å². The fourth-order valence-corrected chi connectivity index (χ4v) is 5.57. The quantitative estimate of drug-likeness (QED) is 0.340. The summed E-state index contributed by atoms with van der Waals surface area (Å²) in [4.78, 5) is 22.7. The van der Waals surface area contributed by atoms with Gasteiger partial charge in [-0.1, -0.05) is 0 Å². The molecule has 0 aliphatic heterocycles. The van der Waals surface area contributed by atoms with Gasteiger partial charge < -0.3 is 14.6 Å². The van der Waals surface area contributed by atoms with E-state index in [0.717, 1.165) is 42.4 Å².